The second-order valence-electron chi connectivity index (χ2n) is 2.65. The normalized spacial score (nSPS) is 11.0. The molecule has 0 heterocycles. The van der Waals surface area contributed by atoms with Crippen LogP contribution < -0.4 is 17.2 Å². The molecule has 1 rings (SSSR count). The Morgan fingerprint density at radius 2 is 1.93 bits per heavy atom. The Balaban J connectivity index is 3.47. The maximum atomic E-state index is 11.6. The van der Waals surface area contributed by atoms with E-state index in [1.54, 1.807) is 0 Å². The third-order valence-electron chi connectivity index (χ3n) is 1.48. The summed E-state index contributed by atoms with van der Waals surface area (Å²) in [6.07, 6.45) is 0. The van der Waals surface area contributed by atoms with Crippen molar-refractivity contribution in [3.63, 3.8) is 0 Å². The molecule has 82 valence electrons. The van der Waals surface area contributed by atoms with Crippen LogP contribution in [0.15, 0.2) is 27.5 Å². The Morgan fingerprint density at radius 1 is 1.33 bits per heavy atom. The average molecular weight is 249 g/mol. The maximum absolute atomic E-state index is 11.6. The van der Waals surface area contributed by atoms with Crippen molar-refractivity contribution in [3.8, 4) is 0 Å². The van der Waals surface area contributed by atoms with E-state index >= 15 is 0 Å². The summed E-state index contributed by atoms with van der Waals surface area (Å²) in [7, 11) is -4.04. The van der Waals surface area contributed by atoms with Gasteiger partial charge in [0.05, 0.1) is 10.7 Å². The Bertz CT molecular complexity index is 487. The minimum absolute atomic E-state index is 0.00694. The summed E-state index contributed by atoms with van der Waals surface area (Å²) < 4.78 is 26.2. The van der Waals surface area contributed by atoms with E-state index in [0.717, 1.165) is 0 Å². The second kappa shape index (κ2) is 3.95. The van der Waals surface area contributed by atoms with E-state index in [9.17, 15) is 8.42 Å². The van der Waals surface area contributed by atoms with E-state index in [2.05, 4.69) is 4.40 Å². The molecule has 0 aliphatic carbocycles. The van der Waals surface area contributed by atoms with Gasteiger partial charge in [0.25, 0.3) is 10.0 Å². The monoisotopic (exact) mass is 248 g/mol. The van der Waals surface area contributed by atoms with Crippen LogP contribution in [0, 0.1) is 0 Å². The molecule has 15 heavy (non-hydrogen) atoms. The van der Waals surface area contributed by atoms with Crippen LogP contribution in [0.2, 0.25) is 5.02 Å². The highest BCUT2D eigenvalue weighted by molar-refractivity contribution is 7.90. The highest BCUT2D eigenvalue weighted by Crippen LogP contribution is 2.28. The van der Waals surface area contributed by atoms with E-state index in [1.807, 2.05) is 0 Å². The minimum Gasteiger partial charge on any atom is -0.398 e. The van der Waals surface area contributed by atoms with Gasteiger partial charge in [0, 0.05) is 0 Å². The molecule has 6 nitrogen and oxygen atoms in total. The van der Waals surface area contributed by atoms with Crippen molar-refractivity contribution in [3.05, 3.63) is 23.2 Å². The first-order chi connectivity index (χ1) is 6.84. The van der Waals surface area contributed by atoms with Crippen molar-refractivity contribution in [2.45, 2.75) is 4.90 Å². The third-order valence-corrected chi connectivity index (χ3v) is 3.33. The summed E-state index contributed by atoms with van der Waals surface area (Å²) in [5.41, 5.74) is 15.4. The minimum atomic E-state index is -4.04. The van der Waals surface area contributed by atoms with E-state index in [0.29, 0.717) is 0 Å². The summed E-state index contributed by atoms with van der Waals surface area (Å²) in [5.74, 6) is -0.575. The zero-order chi connectivity index (χ0) is 11.6. The van der Waals surface area contributed by atoms with Gasteiger partial charge < -0.3 is 17.2 Å². The molecule has 6 N–H and O–H groups in total. The van der Waals surface area contributed by atoms with E-state index in [-0.39, 0.29) is 15.6 Å². The number of guanidine groups is 1. The summed E-state index contributed by atoms with van der Waals surface area (Å²) in [6.45, 7) is 0. The molecule has 0 aliphatic heterocycles. The largest absolute Gasteiger partial charge is 0.398 e. The fourth-order valence-electron chi connectivity index (χ4n) is 0.982. The van der Waals surface area contributed by atoms with Crippen LogP contribution in [0.1, 0.15) is 0 Å². The lowest BCUT2D eigenvalue weighted by Crippen LogP contribution is -2.24. The molecule has 1 aromatic rings. The number of nitrogen functional groups attached to an aromatic ring is 1. The number of sulfonamides is 1. The highest BCUT2D eigenvalue weighted by atomic mass is 35.5. The molecular weight excluding hydrogens is 240 g/mol. The van der Waals surface area contributed by atoms with Crippen molar-refractivity contribution in [1.29, 1.82) is 0 Å². The number of nitrogens with zero attached hydrogens (tertiary/aromatic N) is 1. The average Bonchev–Trinajstić information content (AvgIpc) is 1.99. The lowest BCUT2D eigenvalue weighted by molar-refractivity contribution is 0.598. The van der Waals surface area contributed by atoms with Crippen LogP contribution in [0.25, 0.3) is 0 Å². The van der Waals surface area contributed by atoms with Gasteiger partial charge >= 0.3 is 0 Å². The molecule has 0 unspecified atom stereocenters. The number of hydrogen-bond donors (Lipinski definition) is 3. The first kappa shape index (κ1) is 11.6. The summed E-state index contributed by atoms with van der Waals surface area (Å²) in [6, 6.07) is 4.29. The lowest BCUT2D eigenvalue weighted by atomic mass is 10.3. The quantitative estimate of drug-likeness (QED) is 0.382. The topological polar surface area (TPSA) is 125 Å². The van der Waals surface area contributed by atoms with Crippen molar-refractivity contribution in [2.75, 3.05) is 5.73 Å². The number of benzene rings is 1. The predicted octanol–water partition coefficient (Wildman–Crippen LogP) is -0.116. The molecule has 0 saturated carbocycles. The molecule has 8 heteroatoms. The summed E-state index contributed by atoms with van der Waals surface area (Å²) in [4.78, 5) is -0.292. The summed E-state index contributed by atoms with van der Waals surface area (Å²) >= 11 is 5.69. The molecule has 0 bridgehead atoms. The van der Waals surface area contributed by atoms with Crippen LogP contribution >= 0.6 is 11.6 Å². The van der Waals surface area contributed by atoms with Gasteiger partial charge in [0.1, 0.15) is 4.90 Å². The Morgan fingerprint density at radius 3 is 2.40 bits per heavy atom. The number of nitrogens with two attached hydrogens (primary N) is 3. The van der Waals surface area contributed by atoms with Gasteiger partial charge in [0.2, 0.25) is 5.96 Å². The van der Waals surface area contributed by atoms with Crippen molar-refractivity contribution < 1.29 is 8.42 Å². The predicted molar refractivity (Wildman–Crippen MR) is 58.9 cm³/mol. The zero-order valence-electron chi connectivity index (χ0n) is 7.51. The van der Waals surface area contributed by atoms with E-state index in [4.69, 9.17) is 28.8 Å². The Labute approximate surface area is 91.8 Å². The molecule has 0 spiro atoms. The number of anilines is 1. The molecule has 0 atom stereocenters. The SMILES string of the molecule is NC(N)=NS(=O)(=O)c1c(N)cccc1Cl. The number of rotatable bonds is 2. The van der Waals surface area contributed by atoms with Gasteiger partial charge in [-0.05, 0) is 12.1 Å². The van der Waals surface area contributed by atoms with Gasteiger partial charge in [-0.2, -0.15) is 8.42 Å². The fourth-order valence-corrected chi connectivity index (χ4v) is 2.51. The maximum Gasteiger partial charge on any atom is 0.289 e. The Hall–Kier alpha value is -1.47. The molecular formula is C7H9ClN4O2S. The van der Waals surface area contributed by atoms with Crippen LogP contribution in [-0.2, 0) is 10.0 Å². The molecule has 0 aromatic heterocycles. The molecule has 0 aliphatic rings. The van der Waals surface area contributed by atoms with E-state index < -0.39 is 16.0 Å². The van der Waals surface area contributed by atoms with Crippen LogP contribution in [0.4, 0.5) is 5.69 Å². The second-order valence-corrected chi connectivity index (χ2v) is 4.60. The van der Waals surface area contributed by atoms with Gasteiger partial charge in [-0.25, -0.2) is 0 Å². The Kier molecular flexibility index (Phi) is 3.06. The number of halogens is 1. The van der Waals surface area contributed by atoms with Crippen molar-refractivity contribution >= 4 is 33.3 Å². The highest BCUT2D eigenvalue weighted by Gasteiger charge is 2.20. The molecule has 0 fully saturated rings. The van der Waals surface area contributed by atoms with Crippen LogP contribution in [-0.4, -0.2) is 14.4 Å². The number of hydrogen-bond acceptors (Lipinski definition) is 3. The standard InChI is InChI=1S/C7H9ClN4O2S/c8-4-2-1-3-5(9)6(4)15(13,14)12-7(10)11/h1-3H,9H2,(H4,10,11,12). The first-order valence-corrected chi connectivity index (χ1v) is 5.56. The first-order valence-electron chi connectivity index (χ1n) is 3.74. The molecule has 0 saturated heterocycles. The molecule has 0 amide bonds. The smallest absolute Gasteiger partial charge is 0.289 e. The van der Waals surface area contributed by atoms with Gasteiger partial charge in [-0.15, -0.1) is 4.40 Å². The molecule has 0 radical (unpaired) electrons. The van der Waals surface area contributed by atoms with Gasteiger partial charge in [-0.1, -0.05) is 17.7 Å². The van der Waals surface area contributed by atoms with Crippen molar-refractivity contribution in [1.82, 2.24) is 0 Å². The zero-order valence-corrected chi connectivity index (χ0v) is 9.09. The van der Waals surface area contributed by atoms with Crippen LogP contribution in [0.3, 0.4) is 0 Å². The van der Waals surface area contributed by atoms with Gasteiger partial charge in [0.15, 0.2) is 0 Å². The third kappa shape index (κ3) is 2.51. The van der Waals surface area contributed by atoms with Gasteiger partial charge in [-0.3, -0.25) is 0 Å². The fraction of sp³-hybridized carbons (Fsp3) is 0. The van der Waals surface area contributed by atoms with E-state index in [1.165, 1.54) is 18.2 Å². The van der Waals surface area contributed by atoms with Crippen molar-refractivity contribution in [2.24, 2.45) is 15.9 Å². The lowest BCUT2D eigenvalue weighted by Gasteiger charge is -2.05. The summed E-state index contributed by atoms with van der Waals surface area (Å²) in [5, 5.41) is -0.0278. The molecule has 1 aromatic carbocycles. The van der Waals surface area contributed by atoms with Crippen LogP contribution in [0.5, 0.6) is 0 Å².